The van der Waals surface area contributed by atoms with Crippen LogP contribution in [0.3, 0.4) is 0 Å². The molecular formula is C16H22F2N2O3S. The van der Waals surface area contributed by atoms with Crippen molar-refractivity contribution in [2.45, 2.75) is 30.4 Å². The normalized spacial score (nSPS) is 18.8. The molecule has 1 aromatic rings. The molecule has 0 radical (unpaired) electrons. The number of rotatable bonds is 5. The quantitative estimate of drug-likeness (QED) is 0.831. The van der Waals surface area contributed by atoms with Crippen molar-refractivity contribution in [3.8, 4) is 0 Å². The topological polar surface area (TPSA) is 75.3 Å². The molecule has 1 heterocycles. The summed E-state index contributed by atoms with van der Waals surface area (Å²) in [6, 6.07) is 3.28. The van der Waals surface area contributed by atoms with Crippen LogP contribution in [-0.4, -0.2) is 45.0 Å². The molecule has 1 atom stereocenters. The molecule has 1 aliphatic rings. The Morgan fingerprint density at radius 3 is 2.50 bits per heavy atom. The van der Waals surface area contributed by atoms with Crippen molar-refractivity contribution in [3.05, 3.63) is 35.4 Å². The third-order valence-electron chi connectivity index (χ3n) is 4.60. The molecule has 0 spiro atoms. The van der Waals surface area contributed by atoms with Gasteiger partial charge in [-0.3, -0.25) is 4.79 Å². The standard InChI is InChI=1S/C16H22F2N2O3S/c1-11(13-4-3-12(17)9-14(13)18)10-20-15(21)16(24(2,22)23)5-7-19-8-6-16/h3-4,9,11,19H,5-8,10H2,1-2H3,(H,20,21). The fourth-order valence-corrected chi connectivity index (χ4v) is 4.37. The van der Waals surface area contributed by atoms with Crippen LogP contribution in [0.2, 0.25) is 0 Å². The highest BCUT2D eigenvalue weighted by Crippen LogP contribution is 2.28. The van der Waals surface area contributed by atoms with Crippen LogP contribution < -0.4 is 10.6 Å². The monoisotopic (exact) mass is 360 g/mol. The van der Waals surface area contributed by atoms with Crippen molar-refractivity contribution >= 4 is 15.7 Å². The van der Waals surface area contributed by atoms with Crippen LogP contribution in [0, 0.1) is 11.6 Å². The lowest BCUT2D eigenvalue weighted by molar-refractivity contribution is -0.124. The van der Waals surface area contributed by atoms with Crippen LogP contribution in [0.5, 0.6) is 0 Å². The van der Waals surface area contributed by atoms with Crippen LogP contribution in [0.4, 0.5) is 8.78 Å². The molecule has 5 nitrogen and oxygen atoms in total. The summed E-state index contributed by atoms with van der Waals surface area (Å²) in [5.74, 6) is -2.32. The molecule has 0 saturated carbocycles. The van der Waals surface area contributed by atoms with Gasteiger partial charge < -0.3 is 10.6 Å². The minimum Gasteiger partial charge on any atom is -0.354 e. The fourth-order valence-electron chi connectivity index (χ4n) is 3.01. The summed E-state index contributed by atoms with van der Waals surface area (Å²) in [5.41, 5.74) is 0.274. The minimum absolute atomic E-state index is 0.0755. The number of carbonyl (C=O) groups excluding carboxylic acids is 1. The highest BCUT2D eigenvalue weighted by Gasteiger charge is 2.48. The number of amides is 1. The molecule has 2 N–H and O–H groups in total. The fraction of sp³-hybridized carbons (Fsp3) is 0.562. The molecule has 2 rings (SSSR count). The smallest absolute Gasteiger partial charge is 0.241 e. The Bertz CT molecular complexity index is 716. The van der Waals surface area contributed by atoms with E-state index >= 15 is 0 Å². The van der Waals surface area contributed by atoms with E-state index < -0.39 is 38.0 Å². The zero-order valence-corrected chi connectivity index (χ0v) is 14.6. The zero-order valence-electron chi connectivity index (χ0n) is 13.7. The number of piperidine rings is 1. The third-order valence-corrected chi connectivity index (χ3v) is 6.61. The maximum atomic E-state index is 13.8. The summed E-state index contributed by atoms with van der Waals surface area (Å²) >= 11 is 0. The highest BCUT2D eigenvalue weighted by atomic mass is 32.2. The maximum Gasteiger partial charge on any atom is 0.241 e. The summed E-state index contributed by atoms with van der Waals surface area (Å²) in [6.07, 6.45) is 1.48. The highest BCUT2D eigenvalue weighted by molar-refractivity contribution is 7.92. The van der Waals surface area contributed by atoms with Gasteiger partial charge in [-0.1, -0.05) is 13.0 Å². The van der Waals surface area contributed by atoms with Crippen LogP contribution >= 0.6 is 0 Å². The average molecular weight is 360 g/mol. The first-order valence-electron chi connectivity index (χ1n) is 7.81. The van der Waals surface area contributed by atoms with Crippen LogP contribution in [-0.2, 0) is 14.6 Å². The molecule has 24 heavy (non-hydrogen) atoms. The van der Waals surface area contributed by atoms with E-state index in [1.807, 2.05) is 0 Å². The molecular weight excluding hydrogens is 338 g/mol. The summed E-state index contributed by atoms with van der Waals surface area (Å²) in [6.45, 7) is 2.66. The Hall–Kier alpha value is -1.54. The molecule has 1 fully saturated rings. The van der Waals surface area contributed by atoms with Gasteiger partial charge in [0.25, 0.3) is 0 Å². The van der Waals surface area contributed by atoms with Crippen LogP contribution in [0.1, 0.15) is 31.2 Å². The van der Waals surface area contributed by atoms with E-state index in [1.165, 1.54) is 6.07 Å². The van der Waals surface area contributed by atoms with Gasteiger partial charge >= 0.3 is 0 Å². The summed E-state index contributed by atoms with van der Waals surface area (Å²) in [7, 11) is -3.59. The lowest BCUT2D eigenvalue weighted by Gasteiger charge is -2.34. The zero-order chi connectivity index (χ0) is 18.0. The van der Waals surface area contributed by atoms with Crippen molar-refractivity contribution < 1.29 is 22.0 Å². The third kappa shape index (κ3) is 3.75. The minimum atomic E-state index is -3.59. The molecule has 1 aromatic carbocycles. The van der Waals surface area contributed by atoms with E-state index in [1.54, 1.807) is 6.92 Å². The number of halogens is 2. The Morgan fingerprint density at radius 1 is 1.33 bits per heavy atom. The maximum absolute atomic E-state index is 13.8. The summed E-state index contributed by atoms with van der Waals surface area (Å²) < 4.78 is 49.6. The van der Waals surface area contributed by atoms with Gasteiger partial charge in [0.15, 0.2) is 14.6 Å². The largest absolute Gasteiger partial charge is 0.354 e. The molecule has 8 heteroatoms. The first kappa shape index (κ1) is 18.8. The van der Waals surface area contributed by atoms with Gasteiger partial charge in [-0.15, -0.1) is 0 Å². The molecule has 1 aliphatic heterocycles. The van der Waals surface area contributed by atoms with Crippen molar-refractivity contribution in [2.24, 2.45) is 0 Å². The van der Waals surface area contributed by atoms with E-state index in [0.29, 0.717) is 13.1 Å². The number of hydrogen-bond donors (Lipinski definition) is 2. The summed E-state index contributed by atoms with van der Waals surface area (Å²) in [4.78, 5) is 12.6. The van der Waals surface area contributed by atoms with Gasteiger partial charge in [0.1, 0.15) is 11.6 Å². The number of nitrogens with one attached hydrogen (secondary N) is 2. The van der Waals surface area contributed by atoms with E-state index in [0.717, 1.165) is 18.4 Å². The van der Waals surface area contributed by atoms with Crippen molar-refractivity contribution in [2.75, 3.05) is 25.9 Å². The van der Waals surface area contributed by atoms with Crippen LogP contribution in [0.25, 0.3) is 0 Å². The Morgan fingerprint density at radius 2 is 1.96 bits per heavy atom. The molecule has 1 saturated heterocycles. The first-order valence-corrected chi connectivity index (χ1v) is 9.70. The number of hydrogen-bond acceptors (Lipinski definition) is 4. The second-order valence-electron chi connectivity index (χ2n) is 6.29. The van der Waals surface area contributed by atoms with Gasteiger partial charge in [-0.2, -0.15) is 0 Å². The van der Waals surface area contributed by atoms with E-state index in [-0.39, 0.29) is 24.9 Å². The predicted molar refractivity (Wildman–Crippen MR) is 87.5 cm³/mol. The number of sulfone groups is 1. The number of benzene rings is 1. The van der Waals surface area contributed by atoms with Crippen LogP contribution in [0.15, 0.2) is 18.2 Å². The SMILES string of the molecule is CC(CNC(=O)C1(S(C)(=O)=O)CCNCC1)c1ccc(F)cc1F. The molecule has 0 aromatic heterocycles. The second kappa shape index (κ2) is 7.14. The van der Waals surface area contributed by atoms with Crippen molar-refractivity contribution in [3.63, 3.8) is 0 Å². The number of carbonyl (C=O) groups is 1. The lowest BCUT2D eigenvalue weighted by Crippen LogP contribution is -2.57. The average Bonchev–Trinajstić information content (AvgIpc) is 2.52. The van der Waals surface area contributed by atoms with E-state index in [4.69, 9.17) is 0 Å². The van der Waals surface area contributed by atoms with Gasteiger partial charge in [-0.25, -0.2) is 17.2 Å². The lowest BCUT2D eigenvalue weighted by atomic mass is 9.95. The molecule has 0 aliphatic carbocycles. The second-order valence-corrected chi connectivity index (χ2v) is 8.62. The van der Waals surface area contributed by atoms with Gasteiger partial charge in [-0.05, 0) is 37.6 Å². The molecule has 134 valence electrons. The van der Waals surface area contributed by atoms with E-state index in [9.17, 15) is 22.0 Å². The predicted octanol–water partition coefficient (Wildman–Crippen LogP) is 1.35. The first-order chi connectivity index (χ1) is 11.2. The van der Waals surface area contributed by atoms with Gasteiger partial charge in [0, 0.05) is 24.8 Å². The Kier molecular flexibility index (Phi) is 5.59. The van der Waals surface area contributed by atoms with Gasteiger partial charge in [0.2, 0.25) is 5.91 Å². The van der Waals surface area contributed by atoms with Crippen molar-refractivity contribution in [1.29, 1.82) is 0 Å². The van der Waals surface area contributed by atoms with E-state index in [2.05, 4.69) is 10.6 Å². The molecule has 1 amide bonds. The molecule has 0 bridgehead atoms. The summed E-state index contributed by atoms with van der Waals surface area (Å²) in [5, 5.41) is 5.67. The Labute approximate surface area is 140 Å². The van der Waals surface area contributed by atoms with Crippen molar-refractivity contribution in [1.82, 2.24) is 10.6 Å². The van der Waals surface area contributed by atoms with Gasteiger partial charge in [0.05, 0.1) is 0 Å². The molecule has 1 unspecified atom stereocenters. The Balaban J connectivity index is 2.10.